The molecule has 1 aromatic rings. The van der Waals surface area contributed by atoms with Crippen molar-refractivity contribution >= 4 is 29.2 Å². The summed E-state index contributed by atoms with van der Waals surface area (Å²) in [6.07, 6.45) is 8.77. The van der Waals surface area contributed by atoms with Crippen LogP contribution in [0.15, 0.2) is 6.33 Å². The quantitative estimate of drug-likeness (QED) is 0.854. The van der Waals surface area contributed by atoms with Crippen LogP contribution in [0.1, 0.15) is 31.2 Å². The molecule has 2 atom stereocenters. The number of hydrogen-bond donors (Lipinski definition) is 1. The lowest BCUT2D eigenvalue weighted by Gasteiger charge is -2.29. The van der Waals surface area contributed by atoms with Crippen molar-refractivity contribution in [2.24, 2.45) is 0 Å². The molecule has 0 radical (unpaired) electrons. The van der Waals surface area contributed by atoms with Crippen LogP contribution in [0.4, 0.5) is 5.82 Å². The van der Waals surface area contributed by atoms with Gasteiger partial charge in [-0.2, -0.15) is 11.8 Å². The van der Waals surface area contributed by atoms with E-state index in [4.69, 9.17) is 11.6 Å². The Hall–Kier alpha value is -0.480. The van der Waals surface area contributed by atoms with Crippen LogP contribution in [-0.4, -0.2) is 27.5 Å². The Bertz CT molecular complexity index is 386. The first-order valence-electron chi connectivity index (χ1n) is 5.97. The van der Waals surface area contributed by atoms with Gasteiger partial charge in [0.25, 0.3) is 0 Å². The largest absolute Gasteiger partial charge is 0.367 e. The zero-order valence-corrected chi connectivity index (χ0v) is 11.8. The van der Waals surface area contributed by atoms with Gasteiger partial charge in [0.1, 0.15) is 17.3 Å². The number of thioether (sulfide) groups is 1. The minimum atomic E-state index is 0.519. The Morgan fingerprint density at radius 1 is 1.41 bits per heavy atom. The van der Waals surface area contributed by atoms with Gasteiger partial charge in [-0.25, -0.2) is 9.97 Å². The fourth-order valence-corrected chi connectivity index (χ4v) is 3.22. The second-order valence-corrected chi connectivity index (χ2v) is 6.00. The molecule has 0 aliphatic heterocycles. The van der Waals surface area contributed by atoms with Crippen LogP contribution in [0.25, 0.3) is 0 Å². The number of hydrogen-bond acceptors (Lipinski definition) is 4. The van der Waals surface area contributed by atoms with Crippen molar-refractivity contribution in [2.45, 2.75) is 43.9 Å². The molecule has 2 rings (SSSR count). The van der Waals surface area contributed by atoms with Crippen LogP contribution in [0.2, 0.25) is 5.15 Å². The van der Waals surface area contributed by atoms with Gasteiger partial charge in [0.15, 0.2) is 0 Å². The molecule has 0 bridgehead atoms. The molecule has 5 heteroatoms. The lowest BCUT2D eigenvalue weighted by molar-refractivity contribution is 0.472. The summed E-state index contributed by atoms with van der Waals surface area (Å²) in [5, 5.41) is 4.82. The van der Waals surface area contributed by atoms with E-state index in [0.717, 1.165) is 16.6 Å². The van der Waals surface area contributed by atoms with Crippen molar-refractivity contribution in [3.63, 3.8) is 0 Å². The van der Waals surface area contributed by atoms with Crippen LogP contribution >= 0.6 is 23.4 Å². The number of rotatable bonds is 3. The summed E-state index contributed by atoms with van der Waals surface area (Å²) in [4.78, 5) is 8.24. The van der Waals surface area contributed by atoms with Gasteiger partial charge in [0, 0.05) is 16.9 Å². The van der Waals surface area contributed by atoms with Crippen molar-refractivity contribution in [2.75, 3.05) is 11.6 Å². The van der Waals surface area contributed by atoms with E-state index in [2.05, 4.69) is 21.5 Å². The molecule has 2 unspecified atom stereocenters. The molecule has 94 valence electrons. The molecule has 17 heavy (non-hydrogen) atoms. The summed E-state index contributed by atoms with van der Waals surface area (Å²) < 4.78 is 0. The molecule has 1 aliphatic carbocycles. The number of aromatic nitrogens is 2. The molecule has 1 aliphatic rings. The highest BCUT2D eigenvalue weighted by Crippen LogP contribution is 2.29. The minimum absolute atomic E-state index is 0.519. The molecule has 0 amide bonds. The van der Waals surface area contributed by atoms with Gasteiger partial charge >= 0.3 is 0 Å². The van der Waals surface area contributed by atoms with Gasteiger partial charge in [-0.05, 0) is 32.4 Å². The number of nitrogens with zero attached hydrogens (tertiary/aromatic N) is 2. The molecule has 1 saturated carbocycles. The van der Waals surface area contributed by atoms with E-state index in [9.17, 15) is 0 Å². The first kappa shape index (κ1) is 13.0. The number of nitrogens with one attached hydrogen (secondary N) is 1. The molecule has 0 aromatic carbocycles. The van der Waals surface area contributed by atoms with Crippen LogP contribution in [0.5, 0.6) is 0 Å². The van der Waals surface area contributed by atoms with E-state index >= 15 is 0 Å². The molecular formula is C12H18ClN3S. The Labute approximate surface area is 112 Å². The third kappa shape index (κ3) is 3.26. The fraction of sp³-hybridized carbons (Fsp3) is 0.667. The smallest absolute Gasteiger partial charge is 0.137 e. The summed E-state index contributed by atoms with van der Waals surface area (Å²) in [5.41, 5.74) is 0.945. The van der Waals surface area contributed by atoms with Crippen molar-refractivity contribution in [3.05, 3.63) is 17.0 Å². The molecule has 0 saturated heterocycles. The SMILES string of the molecule is CSC1CCCC(Nc2ncnc(Cl)c2C)C1. The van der Waals surface area contributed by atoms with Crippen LogP contribution in [0, 0.1) is 6.92 Å². The van der Waals surface area contributed by atoms with Crippen LogP contribution < -0.4 is 5.32 Å². The van der Waals surface area contributed by atoms with Crippen molar-refractivity contribution in [1.29, 1.82) is 0 Å². The predicted octanol–water partition coefficient (Wildman–Crippen LogP) is 3.52. The standard InChI is InChI=1S/C12H18ClN3S/c1-8-11(13)14-7-15-12(8)16-9-4-3-5-10(6-9)17-2/h7,9-10H,3-6H2,1-2H3,(H,14,15,16). The molecule has 1 heterocycles. The summed E-state index contributed by atoms with van der Waals surface area (Å²) in [7, 11) is 0. The molecule has 1 aromatic heterocycles. The topological polar surface area (TPSA) is 37.8 Å². The summed E-state index contributed by atoms with van der Waals surface area (Å²) in [6, 6.07) is 0.519. The second kappa shape index (κ2) is 5.91. The highest BCUT2D eigenvalue weighted by molar-refractivity contribution is 7.99. The maximum Gasteiger partial charge on any atom is 0.137 e. The summed E-state index contributed by atoms with van der Waals surface area (Å²) >= 11 is 7.96. The average molecular weight is 272 g/mol. The van der Waals surface area contributed by atoms with Crippen molar-refractivity contribution in [1.82, 2.24) is 9.97 Å². The van der Waals surface area contributed by atoms with Crippen molar-refractivity contribution < 1.29 is 0 Å². The summed E-state index contributed by atoms with van der Waals surface area (Å²) in [5.74, 6) is 0.886. The van der Waals surface area contributed by atoms with Crippen LogP contribution in [-0.2, 0) is 0 Å². The van der Waals surface area contributed by atoms with E-state index in [0.29, 0.717) is 11.2 Å². The molecule has 0 spiro atoms. The average Bonchev–Trinajstić information content (AvgIpc) is 2.35. The maximum atomic E-state index is 5.99. The normalized spacial score (nSPS) is 24.6. The Morgan fingerprint density at radius 3 is 3.00 bits per heavy atom. The molecule has 1 N–H and O–H groups in total. The van der Waals surface area contributed by atoms with Gasteiger partial charge in [-0.1, -0.05) is 18.0 Å². The fourth-order valence-electron chi connectivity index (χ4n) is 2.26. The Kier molecular flexibility index (Phi) is 4.51. The van der Waals surface area contributed by atoms with Crippen LogP contribution in [0.3, 0.4) is 0 Å². The van der Waals surface area contributed by atoms with E-state index in [-0.39, 0.29) is 0 Å². The lowest BCUT2D eigenvalue weighted by Crippen LogP contribution is -2.29. The van der Waals surface area contributed by atoms with E-state index in [1.165, 1.54) is 32.0 Å². The third-order valence-corrected chi connectivity index (χ3v) is 4.80. The molecule has 3 nitrogen and oxygen atoms in total. The first-order valence-corrected chi connectivity index (χ1v) is 7.63. The highest BCUT2D eigenvalue weighted by Gasteiger charge is 2.22. The van der Waals surface area contributed by atoms with Gasteiger partial charge in [0.05, 0.1) is 0 Å². The molecular weight excluding hydrogens is 254 g/mol. The lowest BCUT2D eigenvalue weighted by atomic mass is 9.95. The van der Waals surface area contributed by atoms with Gasteiger partial charge < -0.3 is 5.32 Å². The Balaban J connectivity index is 2.02. The zero-order valence-electron chi connectivity index (χ0n) is 10.2. The number of halogens is 1. The first-order chi connectivity index (χ1) is 8.20. The van der Waals surface area contributed by atoms with Gasteiger partial charge in [-0.3, -0.25) is 0 Å². The third-order valence-electron chi connectivity index (χ3n) is 3.32. The maximum absolute atomic E-state index is 5.99. The number of anilines is 1. The van der Waals surface area contributed by atoms with Gasteiger partial charge in [0.2, 0.25) is 0 Å². The van der Waals surface area contributed by atoms with E-state index in [1.54, 1.807) is 0 Å². The van der Waals surface area contributed by atoms with Crippen molar-refractivity contribution in [3.8, 4) is 0 Å². The second-order valence-electron chi connectivity index (χ2n) is 4.50. The van der Waals surface area contributed by atoms with Gasteiger partial charge in [-0.15, -0.1) is 0 Å². The zero-order chi connectivity index (χ0) is 12.3. The minimum Gasteiger partial charge on any atom is -0.367 e. The van der Waals surface area contributed by atoms with E-state index < -0.39 is 0 Å². The predicted molar refractivity (Wildman–Crippen MR) is 75.0 cm³/mol. The highest BCUT2D eigenvalue weighted by atomic mass is 35.5. The van der Waals surface area contributed by atoms with E-state index in [1.807, 2.05) is 18.7 Å². The monoisotopic (exact) mass is 271 g/mol. The Morgan fingerprint density at radius 2 is 2.24 bits per heavy atom. The summed E-state index contributed by atoms with van der Waals surface area (Å²) in [6.45, 7) is 1.96. The molecule has 1 fully saturated rings.